The molecule has 1 rings (SSSR count). The van der Waals surface area contributed by atoms with Gasteiger partial charge in [0.05, 0.1) is 18.8 Å². The molecule has 0 radical (unpaired) electrons. The lowest BCUT2D eigenvalue weighted by atomic mass is 9.92. The highest BCUT2D eigenvalue weighted by Crippen LogP contribution is 2.27. The van der Waals surface area contributed by atoms with E-state index in [0.717, 1.165) is 0 Å². The average Bonchev–Trinajstić information content (AvgIpc) is 2.08. The van der Waals surface area contributed by atoms with Crippen molar-refractivity contribution in [2.75, 3.05) is 6.61 Å². The Bertz CT molecular complexity index is 150. The van der Waals surface area contributed by atoms with E-state index in [4.69, 9.17) is 9.84 Å². The van der Waals surface area contributed by atoms with Gasteiger partial charge in [-0.25, -0.2) is 0 Å². The first-order valence-corrected chi connectivity index (χ1v) is 4.40. The van der Waals surface area contributed by atoms with Gasteiger partial charge in [0.1, 0.15) is 11.5 Å². The molecule has 1 saturated heterocycles. The Morgan fingerprint density at radius 1 is 1.33 bits per heavy atom. The summed E-state index contributed by atoms with van der Waals surface area (Å²) in [5, 5.41) is 27.6. The van der Waals surface area contributed by atoms with Crippen LogP contribution in [-0.4, -0.2) is 45.7 Å². The molecule has 4 nitrogen and oxygen atoms in total. The predicted octanol–water partition coefficient (Wildman–Crippen LogP) is -1.01. The summed E-state index contributed by atoms with van der Waals surface area (Å²) in [5.41, 5.74) is -0.624. The molecular weight excluding hydrogens is 180 g/mol. The van der Waals surface area contributed by atoms with Gasteiger partial charge in [0.25, 0.3) is 0 Å². The van der Waals surface area contributed by atoms with Gasteiger partial charge in [-0.3, -0.25) is 0 Å². The van der Waals surface area contributed by atoms with E-state index in [1.54, 1.807) is 6.92 Å². The molecule has 1 aliphatic rings. The van der Waals surface area contributed by atoms with Crippen molar-refractivity contribution in [1.82, 2.24) is 0 Å². The first-order chi connectivity index (χ1) is 5.57. The maximum atomic E-state index is 9.45. The van der Waals surface area contributed by atoms with Crippen LogP contribution in [0.15, 0.2) is 0 Å². The van der Waals surface area contributed by atoms with Crippen LogP contribution in [0, 0.1) is 5.92 Å². The average molecular weight is 194 g/mol. The van der Waals surface area contributed by atoms with E-state index in [0.29, 0.717) is 0 Å². The Kier molecular flexibility index (Phi) is 3.37. The van der Waals surface area contributed by atoms with Crippen LogP contribution < -0.4 is 0 Å². The maximum absolute atomic E-state index is 9.45. The summed E-state index contributed by atoms with van der Waals surface area (Å²) in [7, 11) is 0. The van der Waals surface area contributed by atoms with Gasteiger partial charge in [-0.1, -0.05) is 6.92 Å². The standard InChI is InChI=1S/C7H14O4S/c1-3-5(9)4(2-8)11-7(12)6(3)10/h3-10,12H,2H2,1H3/t3?,4?,5-,6?,7+/m1/s1. The molecular formula is C7H14O4S. The third-order valence-electron chi connectivity index (χ3n) is 2.24. The van der Waals surface area contributed by atoms with Gasteiger partial charge >= 0.3 is 0 Å². The highest BCUT2D eigenvalue weighted by atomic mass is 32.1. The molecule has 1 heterocycles. The van der Waals surface area contributed by atoms with E-state index in [1.807, 2.05) is 0 Å². The van der Waals surface area contributed by atoms with Crippen molar-refractivity contribution in [3.8, 4) is 0 Å². The van der Waals surface area contributed by atoms with Crippen LogP contribution in [-0.2, 0) is 4.74 Å². The fourth-order valence-corrected chi connectivity index (χ4v) is 1.72. The van der Waals surface area contributed by atoms with E-state index >= 15 is 0 Å². The second-order valence-electron chi connectivity index (χ2n) is 3.09. The van der Waals surface area contributed by atoms with Gasteiger partial charge in [0.15, 0.2) is 0 Å². The summed E-state index contributed by atoms with van der Waals surface area (Å²) in [6.45, 7) is 1.44. The van der Waals surface area contributed by atoms with E-state index in [9.17, 15) is 10.2 Å². The second-order valence-corrected chi connectivity index (χ2v) is 3.60. The molecule has 5 heteroatoms. The molecule has 72 valence electrons. The number of rotatable bonds is 1. The third-order valence-corrected chi connectivity index (χ3v) is 2.67. The van der Waals surface area contributed by atoms with E-state index in [-0.39, 0.29) is 12.5 Å². The predicted molar refractivity (Wildman–Crippen MR) is 45.9 cm³/mol. The molecule has 0 aliphatic carbocycles. The number of aliphatic hydroxyl groups excluding tert-OH is 3. The van der Waals surface area contributed by atoms with Crippen LogP contribution in [0.5, 0.6) is 0 Å². The third kappa shape index (κ3) is 1.75. The van der Waals surface area contributed by atoms with Crippen molar-refractivity contribution in [2.45, 2.75) is 30.7 Å². The van der Waals surface area contributed by atoms with Gasteiger partial charge < -0.3 is 20.1 Å². The van der Waals surface area contributed by atoms with E-state index in [2.05, 4.69) is 12.6 Å². The summed E-state index contributed by atoms with van der Waals surface area (Å²) in [5.74, 6) is -0.321. The van der Waals surface area contributed by atoms with Crippen LogP contribution in [0.3, 0.4) is 0 Å². The molecule has 0 spiro atoms. The fraction of sp³-hybridized carbons (Fsp3) is 1.00. The monoisotopic (exact) mass is 194 g/mol. The van der Waals surface area contributed by atoms with E-state index in [1.165, 1.54) is 0 Å². The lowest BCUT2D eigenvalue weighted by Gasteiger charge is -2.39. The molecule has 0 aromatic heterocycles. The Morgan fingerprint density at radius 3 is 2.42 bits per heavy atom. The number of hydrogen-bond donors (Lipinski definition) is 4. The van der Waals surface area contributed by atoms with Crippen molar-refractivity contribution < 1.29 is 20.1 Å². The molecule has 3 N–H and O–H groups in total. The molecule has 12 heavy (non-hydrogen) atoms. The summed E-state index contributed by atoms with van der Waals surface area (Å²) >= 11 is 3.97. The largest absolute Gasteiger partial charge is 0.394 e. The molecule has 0 aromatic rings. The van der Waals surface area contributed by atoms with Crippen molar-refractivity contribution in [1.29, 1.82) is 0 Å². The quantitative estimate of drug-likeness (QED) is 0.404. The van der Waals surface area contributed by atoms with Crippen LogP contribution in [0.2, 0.25) is 0 Å². The zero-order chi connectivity index (χ0) is 9.30. The van der Waals surface area contributed by atoms with Gasteiger partial charge in [0, 0.05) is 5.92 Å². The van der Waals surface area contributed by atoms with E-state index < -0.39 is 23.7 Å². The lowest BCUT2D eigenvalue weighted by molar-refractivity contribution is -0.177. The minimum atomic E-state index is -0.826. The molecule has 0 aromatic carbocycles. The summed E-state index contributed by atoms with van der Waals surface area (Å²) in [4.78, 5) is 0. The zero-order valence-corrected chi connectivity index (χ0v) is 7.69. The van der Waals surface area contributed by atoms with Gasteiger partial charge in [-0.2, -0.15) is 0 Å². The molecule has 3 unspecified atom stereocenters. The number of hydrogen-bond acceptors (Lipinski definition) is 5. The van der Waals surface area contributed by atoms with Gasteiger partial charge in [-0.15, -0.1) is 12.6 Å². The van der Waals surface area contributed by atoms with Crippen molar-refractivity contribution in [3.05, 3.63) is 0 Å². The van der Waals surface area contributed by atoms with Crippen LogP contribution in [0.4, 0.5) is 0 Å². The van der Waals surface area contributed by atoms with Gasteiger partial charge in [-0.05, 0) is 0 Å². The molecule has 5 atom stereocenters. The molecule has 0 saturated carbocycles. The van der Waals surface area contributed by atoms with Gasteiger partial charge in [0.2, 0.25) is 0 Å². The minimum absolute atomic E-state index is 0.255. The molecule has 1 fully saturated rings. The Morgan fingerprint density at radius 2 is 1.92 bits per heavy atom. The Labute approximate surface area is 76.6 Å². The lowest BCUT2D eigenvalue weighted by Crippen LogP contribution is -2.52. The van der Waals surface area contributed by atoms with Crippen LogP contribution >= 0.6 is 12.6 Å². The van der Waals surface area contributed by atoms with Crippen molar-refractivity contribution in [2.24, 2.45) is 5.92 Å². The first-order valence-electron chi connectivity index (χ1n) is 3.88. The van der Waals surface area contributed by atoms with Crippen LogP contribution in [0.1, 0.15) is 6.92 Å². The minimum Gasteiger partial charge on any atom is -0.394 e. The second kappa shape index (κ2) is 3.93. The number of ether oxygens (including phenoxy) is 1. The smallest absolute Gasteiger partial charge is 0.127 e. The van der Waals surface area contributed by atoms with Crippen LogP contribution in [0.25, 0.3) is 0 Å². The number of aliphatic hydroxyl groups is 3. The summed E-state index contributed by atoms with van der Waals surface area (Å²) in [6, 6.07) is 0. The SMILES string of the molecule is CC1C(O)[C@H](S)OC(CO)[C@@H]1O. The Hall–Kier alpha value is 0.190. The fourth-order valence-electron chi connectivity index (χ4n) is 1.29. The normalized spacial score (nSPS) is 49.2. The molecule has 0 bridgehead atoms. The number of thiol groups is 1. The molecule has 1 aliphatic heterocycles. The topological polar surface area (TPSA) is 69.9 Å². The molecule has 0 amide bonds. The maximum Gasteiger partial charge on any atom is 0.127 e. The van der Waals surface area contributed by atoms with Crippen molar-refractivity contribution >= 4 is 12.6 Å². The highest BCUT2D eigenvalue weighted by molar-refractivity contribution is 7.80. The summed E-state index contributed by atoms with van der Waals surface area (Å²) in [6.07, 6.45) is -2.24. The zero-order valence-electron chi connectivity index (χ0n) is 6.79. The summed E-state index contributed by atoms with van der Waals surface area (Å²) < 4.78 is 5.04. The van der Waals surface area contributed by atoms with Crippen molar-refractivity contribution in [3.63, 3.8) is 0 Å². The Balaban J connectivity index is 2.63. The first kappa shape index (κ1) is 10.3. The highest BCUT2D eigenvalue weighted by Gasteiger charge is 2.39.